The van der Waals surface area contributed by atoms with Crippen molar-refractivity contribution in [3.05, 3.63) is 48.7 Å². The minimum Gasteiger partial charge on any atom is -0.490 e. The van der Waals surface area contributed by atoms with E-state index in [1.165, 1.54) is 0 Å². The van der Waals surface area contributed by atoms with Gasteiger partial charge in [0.15, 0.2) is 0 Å². The number of carbonyl (C=O) groups is 1. The molecule has 0 saturated heterocycles. The first-order valence-electron chi connectivity index (χ1n) is 11.5. The summed E-state index contributed by atoms with van der Waals surface area (Å²) in [6, 6.07) is 5.65. The van der Waals surface area contributed by atoms with Crippen LogP contribution in [0.3, 0.4) is 0 Å². The Morgan fingerprint density at radius 1 is 1.30 bits per heavy atom. The molecule has 0 spiro atoms. The van der Waals surface area contributed by atoms with E-state index in [1.54, 1.807) is 29.3 Å². The number of aliphatic hydroxyl groups is 1. The number of nitrogens with zero attached hydrogens (tertiary/aromatic N) is 5. The Bertz CT molecular complexity index is 1350. The number of hydrogen-bond acceptors (Lipinski definition) is 6. The first-order valence-corrected chi connectivity index (χ1v) is 11.5. The number of fused-ring (bicyclic) bond motifs is 2. The third-order valence-electron chi connectivity index (χ3n) is 6.56. The summed E-state index contributed by atoms with van der Waals surface area (Å²) < 4.78 is 9.66. The molecule has 33 heavy (non-hydrogen) atoms. The van der Waals surface area contributed by atoms with Crippen LogP contribution in [0, 0.1) is 0 Å². The Kier molecular flexibility index (Phi) is 4.62. The van der Waals surface area contributed by atoms with Gasteiger partial charge in [0.25, 0.3) is 5.91 Å². The van der Waals surface area contributed by atoms with Gasteiger partial charge in [0.05, 0.1) is 46.2 Å². The Morgan fingerprint density at radius 2 is 2.18 bits per heavy atom. The zero-order chi connectivity index (χ0) is 22.6. The number of anilines is 1. The Hall–Kier alpha value is -3.46. The fourth-order valence-electron chi connectivity index (χ4n) is 4.69. The summed E-state index contributed by atoms with van der Waals surface area (Å²) in [5.41, 5.74) is 1.96. The van der Waals surface area contributed by atoms with Crippen LogP contribution in [-0.4, -0.2) is 47.1 Å². The molecule has 9 heteroatoms. The SMILES string of the molecule is C[C@@]1(O)CCC[C@H](n2cc3cc(C(=O)Nc4cnn5cnccc45)c(OC4CC4)cc3n2)C1. The number of amides is 1. The van der Waals surface area contributed by atoms with E-state index in [1.807, 2.05) is 29.9 Å². The quantitative estimate of drug-likeness (QED) is 0.484. The highest BCUT2D eigenvalue weighted by Crippen LogP contribution is 2.37. The number of ether oxygens (including phenoxy) is 1. The molecule has 0 unspecified atom stereocenters. The van der Waals surface area contributed by atoms with Crippen molar-refractivity contribution in [2.24, 2.45) is 0 Å². The molecule has 170 valence electrons. The lowest BCUT2D eigenvalue weighted by Crippen LogP contribution is -2.33. The lowest BCUT2D eigenvalue weighted by Gasteiger charge is -2.33. The summed E-state index contributed by atoms with van der Waals surface area (Å²) in [5, 5.41) is 23.4. The van der Waals surface area contributed by atoms with Gasteiger partial charge in [-0.3, -0.25) is 9.48 Å². The molecule has 4 aromatic rings. The van der Waals surface area contributed by atoms with E-state index >= 15 is 0 Å². The predicted molar refractivity (Wildman–Crippen MR) is 122 cm³/mol. The smallest absolute Gasteiger partial charge is 0.259 e. The molecule has 3 heterocycles. The van der Waals surface area contributed by atoms with Crippen molar-refractivity contribution in [2.45, 2.75) is 63.2 Å². The second-order valence-electron chi connectivity index (χ2n) is 9.50. The van der Waals surface area contributed by atoms with Crippen LogP contribution in [0.2, 0.25) is 0 Å². The molecule has 3 aromatic heterocycles. The van der Waals surface area contributed by atoms with Crippen molar-refractivity contribution < 1.29 is 14.6 Å². The summed E-state index contributed by atoms with van der Waals surface area (Å²) in [6.07, 6.45) is 12.4. The first-order chi connectivity index (χ1) is 15.9. The number of hydrogen-bond donors (Lipinski definition) is 2. The number of nitrogens with one attached hydrogen (secondary N) is 1. The van der Waals surface area contributed by atoms with Crippen molar-refractivity contribution in [2.75, 3.05) is 5.32 Å². The van der Waals surface area contributed by atoms with Crippen LogP contribution in [0.5, 0.6) is 5.75 Å². The number of rotatable bonds is 5. The van der Waals surface area contributed by atoms with E-state index < -0.39 is 5.60 Å². The van der Waals surface area contributed by atoms with E-state index in [4.69, 9.17) is 9.84 Å². The maximum Gasteiger partial charge on any atom is 0.259 e. The fraction of sp³-hybridized carbons (Fsp3) is 0.417. The van der Waals surface area contributed by atoms with Crippen LogP contribution in [0.15, 0.2) is 43.1 Å². The molecule has 2 fully saturated rings. The van der Waals surface area contributed by atoms with Gasteiger partial charge in [-0.05, 0) is 57.6 Å². The molecule has 6 rings (SSSR count). The molecule has 0 bridgehead atoms. The summed E-state index contributed by atoms with van der Waals surface area (Å²) in [5.74, 6) is 0.286. The van der Waals surface area contributed by atoms with Gasteiger partial charge in [-0.2, -0.15) is 10.2 Å². The van der Waals surface area contributed by atoms with Gasteiger partial charge >= 0.3 is 0 Å². The van der Waals surface area contributed by atoms with Gasteiger partial charge in [-0.1, -0.05) is 0 Å². The molecule has 2 aliphatic rings. The minimum atomic E-state index is -0.670. The topological polar surface area (TPSA) is 107 Å². The highest BCUT2D eigenvalue weighted by molar-refractivity contribution is 6.09. The van der Waals surface area contributed by atoms with Gasteiger partial charge in [-0.15, -0.1) is 0 Å². The monoisotopic (exact) mass is 446 g/mol. The second-order valence-corrected chi connectivity index (χ2v) is 9.50. The Morgan fingerprint density at radius 3 is 3.00 bits per heavy atom. The van der Waals surface area contributed by atoms with Gasteiger partial charge in [0.1, 0.15) is 12.1 Å². The molecular formula is C24H26N6O3. The van der Waals surface area contributed by atoms with Gasteiger partial charge in [-0.25, -0.2) is 9.50 Å². The third kappa shape index (κ3) is 3.93. The van der Waals surface area contributed by atoms with E-state index in [-0.39, 0.29) is 18.1 Å². The highest BCUT2D eigenvalue weighted by Gasteiger charge is 2.32. The molecule has 1 amide bonds. The van der Waals surface area contributed by atoms with Crippen LogP contribution in [0.25, 0.3) is 16.4 Å². The number of aromatic nitrogens is 5. The van der Waals surface area contributed by atoms with Gasteiger partial charge in [0, 0.05) is 23.8 Å². The highest BCUT2D eigenvalue weighted by atomic mass is 16.5. The van der Waals surface area contributed by atoms with E-state index in [9.17, 15) is 9.90 Å². The summed E-state index contributed by atoms with van der Waals surface area (Å²) in [4.78, 5) is 17.4. The van der Waals surface area contributed by atoms with Crippen LogP contribution in [-0.2, 0) is 0 Å². The number of benzene rings is 1. The van der Waals surface area contributed by atoms with Crippen molar-refractivity contribution >= 4 is 28.0 Å². The van der Waals surface area contributed by atoms with Crippen molar-refractivity contribution in [1.29, 1.82) is 0 Å². The van der Waals surface area contributed by atoms with Gasteiger partial charge in [0.2, 0.25) is 0 Å². The van der Waals surface area contributed by atoms with Crippen LogP contribution in [0.1, 0.15) is 61.8 Å². The lowest BCUT2D eigenvalue weighted by molar-refractivity contribution is 0.00191. The predicted octanol–water partition coefficient (Wildman–Crippen LogP) is 3.74. The van der Waals surface area contributed by atoms with Crippen LogP contribution < -0.4 is 10.1 Å². The minimum absolute atomic E-state index is 0.138. The molecule has 2 saturated carbocycles. The van der Waals surface area contributed by atoms with Crippen molar-refractivity contribution in [3.63, 3.8) is 0 Å². The van der Waals surface area contributed by atoms with E-state index in [2.05, 4.69) is 15.4 Å². The number of carbonyl (C=O) groups excluding carboxylic acids is 1. The molecule has 0 radical (unpaired) electrons. The third-order valence-corrected chi connectivity index (χ3v) is 6.56. The lowest BCUT2D eigenvalue weighted by atomic mass is 9.83. The molecule has 1 aromatic carbocycles. The average Bonchev–Trinajstić information content (AvgIpc) is 3.36. The first kappa shape index (κ1) is 20.2. The average molecular weight is 447 g/mol. The Balaban J connectivity index is 1.35. The van der Waals surface area contributed by atoms with E-state index in [0.29, 0.717) is 23.4 Å². The van der Waals surface area contributed by atoms with Crippen LogP contribution in [0.4, 0.5) is 5.69 Å². The standard InChI is InChI=1S/C24H26N6O3/c1-24(32)7-2-3-16(11-24)29-13-15-9-18(22(10-19(15)28-29)33-17-4-5-17)23(31)27-20-12-26-30-14-25-8-6-21(20)30/h6,8-10,12-14,16-17,32H,2-5,7,11H2,1H3,(H,27,31)/t16-,24+/m0/s1. The molecule has 0 aliphatic heterocycles. The normalized spacial score (nSPS) is 23.2. The molecular weight excluding hydrogens is 420 g/mol. The summed E-state index contributed by atoms with van der Waals surface area (Å²) >= 11 is 0. The van der Waals surface area contributed by atoms with Crippen molar-refractivity contribution in [1.82, 2.24) is 24.4 Å². The van der Waals surface area contributed by atoms with Crippen molar-refractivity contribution in [3.8, 4) is 5.75 Å². The molecule has 2 aliphatic carbocycles. The zero-order valence-corrected chi connectivity index (χ0v) is 18.4. The molecule has 2 N–H and O–H groups in total. The second kappa shape index (κ2) is 7.55. The summed E-state index contributed by atoms with van der Waals surface area (Å²) in [7, 11) is 0. The maximum absolute atomic E-state index is 13.3. The Labute approximate surface area is 190 Å². The van der Waals surface area contributed by atoms with Crippen LogP contribution >= 0.6 is 0 Å². The summed E-state index contributed by atoms with van der Waals surface area (Å²) in [6.45, 7) is 1.89. The molecule has 2 atom stereocenters. The zero-order valence-electron chi connectivity index (χ0n) is 18.4. The largest absolute Gasteiger partial charge is 0.490 e. The fourth-order valence-corrected chi connectivity index (χ4v) is 4.69. The molecule has 9 nitrogen and oxygen atoms in total. The van der Waals surface area contributed by atoms with Gasteiger partial charge < -0.3 is 15.2 Å². The van der Waals surface area contributed by atoms with E-state index in [0.717, 1.165) is 48.5 Å². The maximum atomic E-state index is 13.3.